The number of amides is 1. The molecule has 7 nitrogen and oxygen atoms in total. The van der Waals surface area contributed by atoms with Crippen LogP contribution in [0.1, 0.15) is 11.5 Å². The first-order valence-electron chi connectivity index (χ1n) is 7.66. The summed E-state index contributed by atoms with van der Waals surface area (Å²) in [4.78, 5) is 12.0. The smallest absolute Gasteiger partial charge is 0.226 e. The Kier molecular flexibility index (Phi) is 5.03. The number of carbonyl (C=O) groups is 1. The van der Waals surface area contributed by atoms with Crippen molar-refractivity contribution in [2.45, 2.75) is 13.0 Å². The zero-order valence-electron chi connectivity index (χ0n) is 13.9. The lowest BCUT2D eigenvalue weighted by molar-refractivity contribution is -0.120. The molecule has 0 fully saturated rings. The van der Waals surface area contributed by atoms with Gasteiger partial charge < -0.3 is 23.7 Å². The summed E-state index contributed by atoms with van der Waals surface area (Å²) in [5, 5.41) is 6.71. The number of nitrogens with one attached hydrogen (secondary N) is 1. The molecule has 0 aliphatic heterocycles. The number of carbonyl (C=O) groups excluding carboxylic acids is 1. The molecule has 0 aliphatic rings. The van der Waals surface area contributed by atoms with Crippen molar-refractivity contribution in [2.24, 2.45) is 0 Å². The number of hydrogen-bond donors (Lipinski definition) is 1. The van der Waals surface area contributed by atoms with E-state index in [2.05, 4.69) is 10.5 Å². The molecule has 7 heteroatoms. The van der Waals surface area contributed by atoms with Crippen LogP contribution in [0, 0.1) is 0 Å². The zero-order chi connectivity index (χ0) is 17.6. The fourth-order valence-corrected chi connectivity index (χ4v) is 2.35. The van der Waals surface area contributed by atoms with Gasteiger partial charge in [-0.2, -0.15) is 0 Å². The summed E-state index contributed by atoms with van der Waals surface area (Å²) in [7, 11) is 3.14. The van der Waals surface area contributed by atoms with Gasteiger partial charge in [0.2, 0.25) is 5.91 Å². The standard InChI is InChI=1S/C18H18N2O5/c1-22-15-6-5-12(8-17(15)23-2)16-9-13(20-25-16)10-18(21)19-11-14-4-3-7-24-14/h3-9H,10-11H2,1-2H3,(H,19,21). The van der Waals surface area contributed by atoms with Gasteiger partial charge in [-0.3, -0.25) is 4.79 Å². The molecular formula is C18H18N2O5. The maximum atomic E-state index is 12.0. The number of rotatable bonds is 7. The largest absolute Gasteiger partial charge is 0.493 e. The van der Waals surface area contributed by atoms with Gasteiger partial charge in [0.05, 0.1) is 39.1 Å². The van der Waals surface area contributed by atoms with E-state index in [9.17, 15) is 4.79 Å². The Bertz CT molecular complexity index is 839. The maximum Gasteiger partial charge on any atom is 0.226 e. The second-order valence-corrected chi connectivity index (χ2v) is 5.29. The highest BCUT2D eigenvalue weighted by atomic mass is 16.5. The summed E-state index contributed by atoms with van der Waals surface area (Å²) < 4.78 is 21.0. The van der Waals surface area contributed by atoms with Crippen LogP contribution in [-0.2, 0) is 17.8 Å². The number of nitrogens with zero attached hydrogens (tertiary/aromatic N) is 1. The van der Waals surface area contributed by atoms with E-state index in [1.807, 2.05) is 6.07 Å². The zero-order valence-corrected chi connectivity index (χ0v) is 13.9. The van der Waals surface area contributed by atoms with Gasteiger partial charge in [0, 0.05) is 11.6 Å². The molecular weight excluding hydrogens is 324 g/mol. The lowest BCUT2D eigenvalue weighted by Crippen LogP contribution is -2.24. The Morgan fingerprint density at radius 1 is 1.16 bits per heavy atom. The Labute approximate surface area is 144 Å². The molecule has 1 N–H and O–H groups in total. The fraction of sp³-hybridized carbons (Fsp3) is 0.222. The third-order valence-electron chi connectivity index (χ3n) is 3.61. The second kappa shape index (κ2) is 7.57. The average Bonchev–Trinajstić information content (AvgIpc) is 3.31. The molecule has 3 rings (SSSR count). The van der Waals surface area contributed by atoms with E-state index in [1.165, 1.54) is 0 Å². The van der Waals surface area contributed by atoms with Crippen molar-refractivity contribution in [3.63, 3.8) is 0 Å². The van der Waals surface area contributed by atoms with Crippen LogP contribution in [0.15, 0.2) is 51.6 Å². The number of methoxy groups -OCH3 is 2. The highest BCUT2D eigenvalue weighted by Crippen LogP contribution is 2.32. The summed E-state index contributed by atoms with van der Waals surface area (Å²) in [6.07, 6.45) is 1.69. The lowest BCUT2D eigenvalue weighted by Gasteiger charge is -2.07. The van der Waals surface area contributed by atoms with Gasteiger partial charge in [0.15, 0.2) is 17.3 Å². The summed E-state index contributed by atoms with van der Waals surface area (Å²) in [6, 6.07) is 10.7. The number of benzene rings is 1. The summed E-state index contributed by atoms with van der Waals surface area (Å²) in [5.74, 6) is 2.30. The Morgan fingerprint density at radius 2 is 2.00 bits per heavy atom. The highest BCUT2D eigenvalue weighted by Gasteiger charge is 2.13. The van der Waals surface area contributed by atoms with Crippen LogP contribution in [-0.4, -0.2) is 25.3 Å². The van der Waals surface area contributed by atoms with E-state index in [-0.39, 0.29) is 12.3 Å². The van der Waals surface area contributed by atoms with Crippen LogP contribution in [0.25, 0.3) is 11.3 Å². The fourth-order valence-electron chi connectivity index (χ4n) is 2.35. The Morgan fingerprint density at radius 3 is 2.72 bits per heavy atom. The van der Waals surface area contributed by atoms with Crippen LogP contribution < -0.4 is 14.8 Å². The third kappa shape index (κ3) is 4.00. The number of hydrogen-bond acceptors (Lipinski definition) is 6. The van der Waals surface area contributed by atoms with Gasteiger partial charge in [0.25, 0.3) is 0 Å². The molecule has 2 aromatic heterocycles. The molecule has 0 spiro atoms. The predicted octanol–water partition coefficient (Wildman–Crippen LogP) is 2.81. The number of furan rings is 1. The van der Waals surface area contributed by atoms with Gasteiger partial charge >= 0.3 is 0 Å². The van der Waals surface area contributed by atoms with Gasteiger partial charge in [0.1, 0.15) is 5.76 Å². The molecule has 3 aromatic rings. The van der Waals surface area contributed by atoms with E-state index in [4.69, 9.17) is 18.4 Å². The minimum absolute atomic E-state index is 0.123. The van der Waals surface area contributed by atoms with Gasteiger partial charge in [-0.05, 0) is 30.3 Å². The Balaban J connectivity index is 1.64. The summed E-state index contributed by atoms with van der Waals surface area (Å²) in [6.45, 7) is 0.340. The van der Waals surface area contributed by atoms with Gasteiger partial charge in [-0.15, -0.1) is 0 Å². The SMILES string of the molecule is COc1ccc(-c2cc(CC(=O)NCc3ccco3)no2)cc1OC. The lowest BCUT2D eigenvalue weighted by atomic mass is 10.1. The Hall–Kier alpha value is -3.22. The van der Waals surface area contributed by atoms with Crippen molar-refractivity contribution >= 4 is 5.91 Å². The molecule has 2 heterocycles. The molecule has 0 saturated heterocycles. The van der Waals surface area contributed by atoms with Crippen LogP contribution in [0.3, 0.4) is 0 Å². The van der Waals surface area contributed by atoms with Gasteiger partial charge in [-0.1, -0.05) is 5.16 Å². The minimum Gasteiger partial charge on any atom is -0.493 e. The summed E-state index contributed by atoms with van der Waals surface area (Å²) in [5.41, 5.74) is 1.33. The third-order valence-corrected chi connectivity index (χ3v) is 3.61. The van der Waals surface area contributed by atoms with Crippen molar-refractivity contribution in [3.05, 3.63) is 54.1 Å². The van der Waals surface area contributed by atoms with Crippen LogP contribution in [0.5, 0.6) is 11.5 Å². The quantitative estimate of drug-likeness (QED) is 0.710. The molecule has 0 saturated carbocycles. The molecule has 1 aromatic carbocycles. The topological polar surface area (TPSA) is 86.7 Å². The van der Waals surface area contributed by atoms with Crippen molar-refractivity contribution in [3.8, 4) is 22.8 Å². The predicted molar refractivity (Wildman–Crippen MR) is 89.3 cm³/mol. The van der Waals surface area contributed by atoms with E-state index in [0.29, 0.717) is 35.3 Å². The molecule has 0 radical (unpaired) electrons. The number of ether oxygens (including phenoxy) is 2. The first-order valence-corrected chi connectivity index (χ1v) is 7.66. The molecule has 130 valence electrons. The van der Waals surface area contributed by atoms with E-state index in [1.54, 1.807) is 50.8 Å². The molecule has 25 heavy (non-hydrogen) atoms. The average molecular weight is 342 g/mol. The van der Waals surface area contributed by atoms with Crippen molar-refractivity contribution in [1.82, 2.24) is 10.5 Å². The van der Waals surface area contributed by atoms with Crippen LogP contribution in [0.4, 0.5) is 0 Å². The molecule has 0 unspecified atom stereocenters. The normalized spacial score (nSPS) is 10.5. The van der Waals surface area contributed by atoms with Crippen molar-refractivity contribution < 1.29 is 23.2 Å². The van der Waals surface area contributed by atoms with Crippen molar-refractivity contribution in [1.29, 1.82) is 0 Å². The second-order valence-electron chi connectivity index (χ2n) is 5.29. The molecule has 0 bridgehead atoms. The summed E-state index contributed by atoms with van der Waals surface area (Å²) >= 11 is 0. The number of aromatic nitrogens is 1. The minimum atomic E-state index is -0.163. The van der Waals surface area contributed by atoms with E-state index < -0.39 is 0 Å². The van der Waals surface area contributed by atoms with Crippen LogP contribution >= 0.6 is 0 Å². The molecule has 0 atom stereocenters. The van der Waals surface area contributed by atoms with Crippen LogP contribution in [0.2, 0.25) is 0 Å². The monoisotopic (exact) mass is 342 g/mol. The molecule has 0 aliphatic carbocycles. The maximum absolute atomic E-state index is 12.0. The highest BCUT2D eigenvalue weighted by molar-refractivity contribution is 5.78. The van der Waals surface area contributed by atoms with Gasteiger partial charge in [-0.25, -0.2) is 0 Å². The molecule has 1 amide bonds. The first kappa shape index (κ1) is 16.6. The van der Waals surface area contributed by atoms with E-state index in [0.717, 1.165) is 5.56 Å². The van der Waals surface area contributed by atoms with Crippen molar-refractivity contribution in [2.75, 3.05) is 14.2 Å². The van der Waals surface area contributed by atoms with E-state index >= 15 is 0 Å². The first-order chi connectivity index (χ1) is 12.2.